The zero-order valence-electron chi connectivity index (χ0n) is 16.3. The number of rotatable bonds is 5. The fourth-order valence-electron chi connectivity index (χ4n) is 3.69. The van der Waals surface area contributed by atoms with Crippen LogP contribution in [-0.2, 0) is 12.8 Å². The van der Waals surface area contributed by atoms with Crippen molar-refractivity contribution in [3.63, 3.8) is 0 Å². The smallest absolute Gasteiger partial charge is 0.416 e. The van der Waals surface area contributed by atoms with Gasteiger partial charge in [-0.1, -0.05) is 18.2 Å². The van der Waals surface area contributed by atoms with Gasteiger partial charge in [-0.3, -0.25) is 4.79 Å². The third kappa shape index (κ3) is 4.14. The molecule has 2 N–H and O–H groups in total. The molecule has 0 saturated carbocycles. The average Bonchev–Trinajstić information content (AvgIpc) is 3.32. The Bertz CT molecular complexity index is 1070. The maximum Gasteiger partial charge on any atom is 0.416 e. The van der Waals surface area contributed by atoms with Crippen LogP contribution >= 0.6 is 0 Å². The zero-order valence-corrected chi connectivity index (χ0v) is 16.3. The van der Waals surface area contributed by atoms with Crippen molar-refractivity contribution >= 4 is 16.9 Å². The Morgan fingerprint density at radius 2 is 2.07 bits per heavy atom. The van der Waals surface area contributed by atoms with Crippen LogP contribution in [0.15, 0.2) is 46.9 Å². The summed E-state index contributed by atoms with van der Waals surface area (Å²) in [6.45, 7) is 3.04. The normalized spacial score (nSPS) is 16.7. The van der Waals surface area contributed by atoms with Crippen molar-refractivity contribution < 1.29 is 27.1 Å². The van der Waals surface area contributed by atoms with Gasteiger partial charge in [0.25, 0.3) is 5.91 Å². The minimum atomic E-state index is -4.45. The highest BCUT2D eigenvalue weighted by Gasteiger charge is 2.33. The monoisotopic (exact) mass is 418 g/mol. The van der Waals surface area contributed by atoms with Crippen molar-refractivity contribution in [1.82, 2.24) is 10.6 Å². The molecule has 2 aromatic carbocycles. The predicted molar refractivity (Wildman–Crippen MR) is 105 cm³/mol. The number of benzene rings is 2. The van der Waals surface area contributed by atoms with Crippen LogP contribution in [0.3, 0.4) is 0 Å². The zero-order chi connectivity index (χ0) is 21.3. The number of hydrogen-bond acceptors (Lipinski definition) is 4. The number of halogens is 3. The Labute approximate surface area is 171 Å². The molecule has 0 spiro atoms. The molecule has 0 unspecified atom stereocenters. The first-order chi connectivity index (χ1) is 14.3. The van der Waals surface area contributed by atoms with Crippen LogP contribution in [0.4, 0.5) is 13.2 Å². The lowest BCUT2D eigenvalue weighted by Crippen LogP contribution is -2.36. The second-order valence-electron chi connectivity index (χ2n) is 7.30. The number of alkyl halides is 3. The van der Waals surface area contributed by atoms with Crippen LogP contribution in [0.25, 0.3) is 11.0 Å². The highest BCUT2D eigenvalue weighted by Crippen LogP contribution is 2.33. The van der Waals surface area contributed by atoms with Crippen molar-refractivity contribution in [3.05, 3.63) is 64.9 Å². The molecule has 30 heavy (non-hydrogen) atoms. The average molecular weight is 418 g/mol. The molecule has 1 amide bonds. The number of amides is 1. The minimum Gasteiger partial charge on any atom is -0.489 e. The number of ether oxygens (including phenoxy) is 1. The summed E-state index contributed by atoms with van der Waals surface area (Å²) in [6, 6.07) is 10.3. The van der Waals surface area contributed by atoms with Gasteiger partial charge in [0.1, 0.15) is 23.7 Å². The maximum atomic E-state index is 13.2. The van der Waals surface area contributed by atoms with Crippen molar-refractivity contribution in [1.29, 1.82) is 0 Å². The summed E-state index contributed by atoms with van der Waals surface area (Å²) < 4.78 is 50.8. The Kier molecular flexibility index (Phi) is 5.42. The second-order valence-corrected chi connectivity index (χ2v) is 7.30. The molecule has 3 aromatic rings. The molecule has 1 fully saturated rings. The molecule has 0 aliphatic carbocycles. The van der Waals surface area contributed by atoms with Crippen LogP contribution in [0.5, 0.6) is 5.75 Å². The summed E-state index contributed by atoms with van der Waals surface area (Å²) in [7, 11) is 0. The number of fused-ring (bicyclic) bond motifs is 1. The lowest BCUT2D eigenvalue weighted by Gasteiger charge is -2.13. The van der Waals surface area contributed by atoms with E-state index < -0.39 is 11.7 Å². The van der Waals surface area contributed by atoms with Gasteiger partial charge in [-0.2, -0.15) is 13.2 Å². The van der Waals surface area contributed by atoms with Gasteiger partial charge in [-0.15, -0.1) is 0 Å². The summed E-state index contributed by atoms with van der Waals surface area (Å²) >= 11 is 0. The standard InChI is InChI=1S/C22H21F3N2O3/c1-13-20(21(28)27-15-8-9-26-11-15)17-10-16(6-7-19(17)30-13)29-12-14-4-2-3-5-18(14)22(23,24)25/h2-7,10,15,26H,8-9,11-12H2,1H3,(H,27,28)/t15-/m0/s1. The SMILES string of the molecule is Cc1oc2ccc(OCc3ccccc3C(F)(F)F)cc2c1C(=O)N[C@H]1CCNC1. The summed E-state index contributed by atoms with van der Waals surface area (Å²) in [5, 5.41) is 6.75. The van der Waals surface area contributed by atoms with Gasteiger partial charge in [0, 0.05) is 23.5 Å². The summed E-state index contributed by atoms with van der Waals surface area (Å²) in [6.07, 6.45) is -3.60. The third-order valence-electron chi connectivity index (χ3n) is 5.18. The van der Waals surface area contributed by atoms with Gasteiger partial charge in [-0.25, -0.2) is 0 Å². The molecule has 8 heteroatoms. The molecule has 1 atom stereocenters. The van der Waals surface area contributed by atoms with Gasteiger partial charge in [-0.05, 0) is 44.2 Å². The number of carbonyl (C=O) groups is 1. The molecule has 1 aliphatic heterocycles. The fraction of sp³-hybridized carbons (Fsp3) is 0.318. The molecule has 1 aliphatic rings. The Hall–Kier alpha value is -3.00. The van der Waals surface area contributed by atoms with E-state index in [1.54, 1.807) is 25.1 Å². The van der Waals surface area contributed by atoms with Crippen LogP contribution in [0, 0.1) is 6.92 Å². The number of hydrogen-bond donors (Lipinski definition) is 2. The number of furan rings is 1. The van der Waals surface area contributed by atoms with Crippen molar-refractivity contribution in [2.75, 3.05) is 13.1 Å². The second kappa shape index (κ2) is 8.02. The van der Waals surface area contributed by atoms with E-state index in [9.17, 15) is 18.0 Å². The van der Waals surface area contributed by atoms with Gasteiger partial charge in [0.2, 0.25) is 0 Å². The van der Waals surface area contributed by atoms with Gasteiger partial charge in [0.15, 0.2) is 0 Å². The highest BCUT2D eigenvalue weighted by atomic mass is 19.4. The van der Waals surface area contributed by atoms with Crippen LogP contribution < -0.4 is 15.4 Å². The van der Waals surface area contributed by atoms with Gasteiger partial charge >= 0.3 is 6.18 Å². The van der Waals surface area contributed by atoms with Crippen LogP contribution in [0.2, 0.25) is 0 Å². The first-order valence-electron chi connectivity index (χ1n) is 9.65. The van der Waals surface area contributed by atoms with E-state index >= 15 is 0 Å². The quantitative estimate of drug-likeness (QED) is 0.644. The largest absolute Gasteiger partial charge is 0.489 e. The van der Waals surface area contributed by atoms with Crippen LogP contribution in [-0.4, -0.2) is 25.0 Å². The molecule has 0 radical (unpaired) electrons. The van der Waals surface area contributed by atoms with E-state index in [-0.39, 0.29) is 24.1 Å². The lowest BCUT2D eigenvalue weighted by atomic mass is 10.1. The minimum absolute atomic E-state index is 0.0418. The number of nitrogens with one attached hydrogen (secondary N) is 2. The van der Waals surface area contributed by atoms with E-state index in [2.05, 4.69) is 10.6 Å². The maximum absolute atomic E-state index is 13.2. The molecule has 2 heterocycles. The molecular formula is C22H21F3N2O3. The first kappa shape index (κ1) is 20.3. The Morgan fingerprint density at radius 3 is 2.80 bits per heavy atom. The summed E-state index contributed by atoms with van der Waals surface area (Å²) in [4.78, 5) is 12.8. The molecular weight excluding hydrogens is 397 g/mol. The molecule has 0 bridgehead atoms. The third-order valence-corrected chi connectivity index (χ3v) is 5.18. The molecule has 1 aromatic heterocycles. The lowest BCUT2D eigenvalue weighted by molar-refractivity contribution is -0.138. The van der Waals surface area contributed by atoms with E-state index in [4.69, 9.17) is 9.15 Å². The van der Waals surface area contributed by atoms with Gasteiger partial charge in [0.05, 0.1) is 11.1 Å². The number of carbonyl (C=O) groups excluding carboxylic acids is 1. The fourth-order valence-corrected chi connectivity index (χ4v) is 3.69. The molecule has 4 rings (SSSR count). The van der Waals surface area contributed by atoms with Gasteiger partial charge < -0.3 is 19.8 Å². The topological polar surface area (TPSA) is 63.5 Å². The molecule has 5 nitrogen and oxygen atoms in total. The predicted octanol–water partition coefficient (Wildman–Crippen LogP) is 4.43. The first-order valence-corrected chi connectivity index (χ1v) is 9.65. The van der Waals surface area contributed by atoms with Crippen molar-refractivity contribution in [2.24, 2.45) is 0 Å². The van der Waals surface area contributed by atoms with E-state index in [0.29, 0.717) is 34.6 Å². The van der Waals surface area contributed by atoms with Crippen molar-refractivity contribution in [3.8, 4) is 5.75 Å². The van der Waals surface area contributed by atoms with E-state index in [0.717, 1.165) is 19.0 Å². The van der Waals surface area contributed by atoms with Crippen LogP contribution in [0.1, 0.15) is 33.7 Å². The van der Waals surface area contributed by atoms with E-state index in [1.807, 2.05) is 0 Å². The molecule has 1 saturated heterocycles. The Balaban J connectivity index is 1.57. The summed E-state index contributed by atoms with van der Waals surface area (Å²) in [5.74, 6) is 0.601. The van der Waals surface area contributed by atoms with E-state index in [1.165, 1.54) is 18.2 Å². The Morgan fingerprint density at radius 1 is 1.27 bits per heavy atom. The number of aryl methyl sites for hydroxylation is 1. The summed E-state index contributed by atoms with van der Waals surface area (Å²) in [5.41, 5.74) is 0.249. The molecule has 158 valence electrons. The van der Waals surface area contributed by atoms with Crippen molar-refractivity contribution in [2.45, 2.75) is 32.2 Å². The highest BCUT2D eigenvalue weighted by molar-refractivity contribution is 6.07.